The Morgan fingerprint density at radius 3 is 2.51 bits per heavy atom. The Balaban J connectivity index is 1.45. The van der Waals surface area contributed by atoms with Crippen LogP contribution in [0.1, 0.15) is 34.0 Å². The molecule has 0 aromatic heterocycles. The van der Waals surface area contributed by atoms with Crippen LogP contribution in [0.5, 0.6) is 11.5 Å². The maximum Gasteiger partial charge on any atom is 0.417 e. The number of rotatable bonds is 1. The van der Waals surface area contributed by atoms with Gasteiger partial charge in [0.15, 0.2) is 5.75 Å². The highest BCUT2D eigenvalue weighted by Gasteiger charge is 2.38. The standard InChI is InChI=1S/C27H24F3N3O2/c1-17-11-12-22-24(15-17)35-23-10-6-4-8-20(23)25(31-22)32-13-14-33(18(2)16-32)26(34)19-7-3-5-9-21(19)27(28,29)30/h3-12,15,18H,13-14,16H2,1-2H3. The fourth-order valence-electron chi connectivity index (χ4n) is 4.59. The first-order valence-corrected chi connectivity index (χ1v) is 11.4. The van der Waals surface area contributed by atoms with Gasteiger partial charge >= 0.3 is 6.18 Å². The number of fused-ring (bicyclic) bond motifs is 2. The number of hydrogen-bond acceptors (Lipinski definition) is 4. The fraction of sp³-hybridized carbons (Fsp3) is 0.259. The predicted octanol–water partition coefficient (Wildman–Crippen LogP) is 6.04. The highest BCUT2D eigenvalue weighted by atomic mass is 19.4. The average Bonchev–Trinajstić information content (AvgIpc) is 2.99. The minimum absolute atomic E-state index is 0.273. The average molecular weight is 480 g/mol. The number of carbonyl (C=O) groups excluding carboxylic acids is 1. The monoisotopic (exact) mass is 479 g/mol. The summed E-state index contributed by atoms with van der Waals surface area (Å²) in [5.74, 6) is 1.45. The SMILES string of the molecule is Cc1ccc2c(c1)Oc1ccccc1C(N1CCN(C(=O)c3ccccc3C(F)(F)F)C(C)C1)=N2. The third-order valence-corrected chi connectivity index (χ3v) is 6.34. The van der Waals surface area contributed by atoms with E-state index in [4.69, 9.17) is 9.73 Å². The van der Waals surface area contributed by atoms with Gasteiger partial charge < -0.3 is 14.5 Å². The maximum atomic E-state index is 13.5. The zero-order chi connectivity index (χ0) is 24.7. The van der Waals surface area contributed by atoms with Gasteiger partial charge in [0.05, 0.1) is 16.7 Å². The van der Waals surface area contributed by atoms with Crippen molar-refractivity contribution < 1.29 is 22.7 Å². The first kappa shape index (κ1) is 23.0. The number of ether oxygens (including phenoxy) is 1. The summed E-state index contributed by atoms with van der Waals surface area (Å²) >= 11 is 0. The van der Waals surface area contributed by atoms with E-state index in [0.717, 1.165) is 23.0 Å². The molecule has 2 heterocycles. The van der Waals surface area contributed by atoms with E-state index in [0.29, 0.717) is 30.3 Å². The van der Waals surface area contributed by atoms with Gasteiger partial charge in [-0.2, -0.15) is 13.2 Å². The number of aryl methyl sites for hydroxylation is 1. The van der Waals surface area contributed by atoms with Gasteiger partial charge in [0, 0.05) is 25.7 Å². The molecule has 0 spiro atoms. The number of amides is 1. The van der Waals surface area contributed by atoms with Crippen LogP contribution < -0.4 is 4.74 Å². The van der Waals surface area contributed by atoms with E-state index in [9.17, 15) is 18.0 Å². The summed E-state index contributed by atoms with van der Waals surface area (Å²) in [6.45, 7) is 4.96. The van der Waals surface area contributed by atoms with Crippen LogP contribution in [0, 0.1) is 6.92 Å². The van der Waals surface area contributed by atoms with Gasteiger partial charge in [-0.15, -0.1) is 0 Å². The van der Waals surface area contributed by atoms with Crippen LogP contribution in [0.15, 0.2) is 71.7 Å². The molecule has 1 atom stereocenters. The molecule has 1 unspecified atom stereocenters. The Morgan fingerprint density at radius 1 is 1.00 bits per heavy atom. The minimum Gasteiger partial charge on any atom is -0.454 e. The van der Waals surface area contributed by atoms with E-state index in [2.05, 4.69) is 4.90 Å². The largest absolute Gasteiger partial charge is 0.454 e. The number of halogens is 3. The van der Waals surface area contributed by atoms with Crippen molar-refractivity contribution in [3.63, 3.8) is 0 Å². The molecule has 1 saturated heterocycles. The molecular formula is C27H24F3N3O2. The van der Waals surface area contributed by atoms with E-state index >= 15 is 0 Å². The van der Waals surface area contributed by atoms with Gasteiger partial charge in [-0.1, -0.05) is 30.3 Å². The van der Waals surface area contributed by atoms with E-state index < -0.39 is 17.6 Å². The van der Waals surface area contributed by atoms with Crippen LogP contribution in [0.2, 0.25) is 0 Å². The molecule has 0 bridgehead atoms. The summed E-state index contributed by atoms with van der Waals surface area (Å²) in [4.78, 5) is 21.7. The first-order valence-electron chi connectivity index (χ1n) is 11.4. The van der Waals surface area contributed by atoms with E-state index in [1.807, 2.05) is 56.3 Å². The van der Waals surface area contributed by atoms with Crippen molar-refractivity contribution >= 4 is 17.4 Å². The molecule has 5 nitrogen and oxygen atoms in total. The van der Waals surface area contributed by atoms with Gasteiger partial charge in [0.2, 0.25) is 0 Å². The number of alkyl halides is 3. The van der Waals surface area contributed by atoms with Crippen LogP contribution in [-0.2, 0) is 6.18 Å². The molecule has 5 rings (SSSR count). The lowest BCUT2D eigenvalue weighted by Crippen LogP contribution is -2.55. The molecular weight excluding hydrogens is 455 g/mol. The Hall–Kier alpha value is -3.81. The molecule has 180 valence electrons. The molecule has 3 aromatic rings. The number of carbonyl (C=O) groups is 1. The molecule has 0 saturated carbocycles. The number of para-hydroxylation sites is 1. The molecule has 3 aromatic carbocycles. The summed E-state index contributed by atoms with van der Waals surface area (Å²) < 4.78 is 46.7. The van der Waals surface area contributed by atoms with Gasteiger partial charge in [0.1, 0.15) is 17.3 Å². The van der Waals surface area contributed by atoms with Gasteiger partial charge in [-0.25, -0.2) is 4.99 Å². The summed E-state index contributed by atoms with van der Waals surface area (Å²) in [6, 6.07) is 18.1. The minimum atomic E-state index is -4.60. The van der Waals surface area contributed by atoms with Crippen LogP contribution in [-0.4, -0.2) is 47.2 Å². The molecule has 2 aliphatic heterocycles. The summed E-state index contributed by atoms with van der Waals surface area (Å²) in [7, 11) is 0. The van der Waals surface area contributed by atoms with E-state index in [1.165, 1.54) is 23.1 Å². The van der Waals surface area contributed by atoms with Crippen molar-refractivity contribution in [2.24, 2.45) is 4.99 Å². The van der Waals surface area contributed by atoms with Crippen molar-refractivity contribution in [3.8, 4) is 11.5 Å². The molecule has 1 amide bonds. The second kappa shape index (κ2) is 8.76. The second-order valence-corrected chi connectivity index (χ2v) is 8.84. The highest BCUT2D eigenvalue weighted by Crippen LogP contribution is 2.39. The van der Waals surface area contributed by atoms with Crippen molar-refractivity contribution in [1.82, 2.24) is 9.80 Å². The molecule has 0 aliphatic carbocycles. The number of aliphatic imine (C=N–C) groups is 1. The lowest BCUT2D eigenvalue weighted by molar-refractivity contribution is -0.138. The van der Waals surface area contributed by atoms with Crippen molar-refractivity contribution in [2.75, 3.05) is 19.6 Å². The molecule has 1 fully saturated rings. The zero-order valence-corrected chi connectivity index (χ0v) is 19.3. The van der Waals surface area contributed by atoms with Crippen LogP contribution in [0.3, 0.4) is 0 Å². The highest BCUT2D eigenvalue weighted by molar-refractivity contribution is 6.04. The number of amidine groups is 1. The van der Waals surface area contributed by atoms with Gasteiger partial charge in [0.25, 0.3) is 5.91 Å². The van der Waals surface area contributed by atoms with Crippen LogP contribution >= 0.6 is 0 Å². The van der Waals surface area contributed by atoms with Crippen LogP contribution in [0.4, 0.5) is 18.9 Å². The number of hydrogen-bond donors (Lipinski definition) is 0. The van der Waals surface area contributed by atoms with Crippen molar-refractivity contribution in [2.45, 2.75) is 26.1 Å². The summed E-state index contributed by atoms with van der Waals surface area (Å²) in [6.07, 6.45) is -4.60. The molecule has 0 N–H and O–H groups in total. The fourth-order valence-corrected chi connectivity index (χ4v) is 4.59. The summed E-state index contributed by atoms with van der Waals surface area (Å²) in [5.41, 5.74) is 1.35. The Bertz CT molecular complexity index is 1320. The number of nitrogens with zero attached hydrogens (tertiary/aromatic N) is 3. The van der Waals surface area contributed by atoms with Crippen LogP contribution in [0.25, 0.3) is 0 Å². The lowest BCUT2D eigenvalue weighted by Gasteiger charge is -2.41. The summed E-state index contributed by atoms with van der Waals surface area (Å²) in [5, 5.41) is 0. The van der Waals surface area contributed by atoms with Crippen molar-refractivity contribution in [1.29, 1.82) is 0 Å². The molecule has 2 aliphatic rings. The molecule has 0 radical (unpaired) electrons. The third kappa shape index (κ3) is 4.36. The van der Waals surface area contributed by atoms with E-state index in [-0.39, 0.29) is 18.2 Å². The lowest BCUT2D eigenvalue weighted by atomic mass is 10.0. The Labute approximate surface area is 201 Å². The smallest absolute Gasteiger partial charge is 0.417 e. The topological polar surface area (TPSA) is 45.1 Å². The number of benzene rings is 3. The predicted molar refractivity (Wildman–Crippen MR) is 127 cm³/mol. The quantitative estimate of drug-likeness (QED) is 0.427. The number of piperazine rings is 1. The molecule has 35 heavy (non-hydrogen) atoms. The zero-order valence-electron chi connectivity index (χ0n) is 19.3. The Morgan fingerprint density at radius 2 is 1.74 bits per heavy atom. The van der Waals surface area contributed by atoms with E-state index in [1.54, 1.807) is 0 Å². The van der Waals surface area contributed by atoms with Gasteiger partial charge in [-0.3, -0.25) is 4.79 Å². The van der Waals surface area contributed by atoms with Gasteiger partial charge in [-0.05, 0) is 55.8 Å². The first-order chi connectivity index (χ1) is 16.7. The Kier molecular flexibility index (Phi) is 5.75. The van der Waals surface area contributed by atoms with Crippen molar-refractivity contribution in [3.05, 3.63) is 89.0 Å². The molecule has 8 heteroatoms. The normalized spacial score (nSPS) is 17.6. The third-order valence-electron chi connectivity index (χ3n) is 6.34. The second-order valence-electron chi connectivity index (χ2n) is 8.84. The maximum absolute atomic E-state index is 13.5.